The zero-order valence-corrected chi connectivity index (χ0v) is 11.7. The molecule has 100 valence electrons. The second-order valence-corrected chi connectivity index (χ2v) is 6.28. The van der Waals surface area contributed by atoms with E-state index in [1.54, 1.807) is 0 Å². The van der Waals surface area contributed by atoms with Crippen LogP contribution in [0.15, 0.2) is 30.3 Å². The van der Waals surface area contributed by atoms with E-state index >= 15 is 0 Å². The average Bonchev–Trinajstić information content (AvgIpc) is 2.45. The molecule has 1 heterocycles. The highest BCUT2D eigenvalue weighted by atomic mass is 16.5. The van der Waals surface area contributed by atoms with Crippen molar-refractivity contribution in [3.8, 4) is 0 Å². The fourth-order valence-electron chi connectivity index (χ4n) is 3.04. The van der Waals surface area contributed by atoms with Crippen LogP contribution in [0.25, 0.3) is 0 Å². The molecule has 3 heteroatoms. The van der Waals surface area contributed by atoms with Gasteiger partial charge in [0.1, 0.15) is 0 Å². The third-order valence-corrected chi connectivity index (χ3v) is 3.84. The standard InChI is InChI=1S/C15H23NO2/c1-13(2)10-15(11-17,14(3,4)18-13)16-12-8-6-5-7-9-12/h5-9,16-17H,10-11H2,1-4H3. The zero-order valence-electron chi connectivity index (χ0n) is 11.7. The highest BCUT2D eigenvalue weighted by Gasteiger charge is 2.57. The Morgan fingerprint density at radius 3 is 2.22 bits per heavy atom. The van der Waals surface area contributed by atoms with Gasteiger partial charge in [0.25, 0.3) is 0 Å². The Morgan fingerprint density at radius 2 is 1.78 bits per heavy atom. The lowest BCUT2D eigenvalue weighted by molar-refractivity contribution is -0.0808. The number of aliphatic hydroxyl groups is 1. The molecular weight excluding hydrogens is 226 g/mol. The van der Waals surface area contributed by atoms with Crippen LogP contribution in [0.2, 0.25) is 0 Å². The summed E-state index contributed by atoms with van der Waals surface area (Å²) in [6, 6.07) is 9.98. The smallest absolute Gasteiger partial charge is 0.0916 e. The maximum absolute atomic E-state index is 9.90. The summed E-state index contributed by atoms with van der Waals surface area (Å²) in [4.78, 5) is 0. The van der Waals surface area contributed by atoms with Crippen LogP contribution in [0, 0.1) is 0 Å². The normalized spacial score (nSPS) is 29.2. The largest absolute Gasteiger partial charge is 0.394 e. The third kappa shape index (κ3) is 2.25. The first-order chi connectivity index (χ1) is 8.30. The molecule has 0 aliphatic carbocycles. The Bertz CT molecular complexity index is 414. The fourth-order valence-corrected chi connectivity index (χ4v) is 3.04. The van der Waals surface area contributed by atoms with Crippen molar-refractivity contribution >= 4 is 5.69 Å². The predicted molar refractivity (Wildman–Crippen MR) is 73.7 cm³/mol. The number of nitrogens with one attached hydrogen (secondary N) is 1. The number of anilines is 1. The van der Waals surface area contributed by atoms with Gasteiger partial charge in [-0.3, -0.25) is 0 Å². The van der Waals surface area contributed by atoms with Gasteiger partial charge in [-0.25, -0.2) is 0 Å². The lowest BCUT2D eigenvalue weighted by atomic mass is 9.79. The molecule has 18 heavy (non-hydrogen) atoms. The molecule has 1 aromatic carbocycles. The van der Waals surface area contributed by atoms with Crippen LogP contribution >= 0.6 is 0 Å². The molecular formula is C15H23NO2. The number of para-hydroxylation sites is 1. The Kier molecular flexibility index (Phi) is 3.16. The fraction of sp³-hybridized carbons (Fsp3) is 0.600. The lowest BCUT2D eigenvalue weighted by Gasteiger charge is -2.39. The summed E-state index contributed by atoms with van der Waals surface area (Å²) in [5, 5.41) is 13.4. The summed E-state index contributed by atoms with van der Waals surface area (Å²) >= 11 is 0. The molecule has 0 radical (unpaired) electrons. The summed E-state index contributed by atoms with van der Waals surface area (Å²) in [5.41, 5.74) is -0.0756. The second-order valence-electron chi connectivity index (χ2n) is 6.28. The molecule has 0 bridgehead atoms. The summed E-state index contributed by atoms with van der Waals surface area (Å²) in [6.45, 7) is 8.26. The first-order valence-electron chi connectivity index (χ1n) is 6.45. The van der Waals surface area contributed by atoms with E-state index in [0.717, 1.165) is 12.1 Å². The molecule has 1 atom stereocenters. The molecule has 0 saturated carbocycles. The van der Waals surface area contributed by atoms with Gasteiger partial charge in [-0.2, -0.15) is 0 Å². The van der Waals surface area contributed by atoms with Gasteiger partial charge >= 0.3 is 0 Å². The number of hydrogen-bond donors (Lipinski definition) is 2. The first-order valence-corrected chi connectivity index (χ1v) is 6.45. The van der Waals surface area contributed by atoms with Crippen molar-refractivity contribution in [2.24, 2.45) is 0 Å². The molecule has 1 unspecified atom stereocenters. The minimum absolute atomic E-state index is 0.0539. The topological polar surface area (TPSA) is 41.5 Å². The molecule has 1 aromatic rings. The minimum Gasteiger partial charge on any atom is -0.394 e. The molecule has 2 N–H and O–H groups in total. The SMILES string of the molecule is CC1(C)CC(CO)(Nc2ccccc2)C(C)(C)O1. The highest BCUT2D eigenvalue weighted by Crippen LogP contribution is 2.46. The van der Waals surface area contributed by atoms with E-state index in [1.807, 2.05) is 44.2 Å². The molecule has 0 amide bonds. The lowest BCUT2D eigenvalue weighted by Crippen LogP contribution is -2.55. The number of hydrogen-bond acceptors (Lipinski definition) is 3. The number of aliphatic hydroxyl groups excluding tert-OH is 1. The van der Waals surface area contributed by atoms with Crippen molar-refractivity contribution < 1.29 is 9.84 Å². The van der Waals surface area contributed by atoms with Crippen LogP contribution in [0.1, 0.15) is 34.1 Å². The Morgan fingerprint density at radius 1 is 1.17 bits per heavy atom. The van der Waals surface area contributed by atoms with Gasteiger partial charge in [0.05, 0.1) is 23.3 Å². The van der Waals surface area contributed by atoms with Gasteiger partial charge in [0.2, 0.25) is 0 Å². The molecule has 0 spiro atoms. The molecule has 1 fully saturated rings. The summed E-state index contributed by atoms with van der Waals surface area (Å²) in [7, 11) is 0. The van der Waals surface area contributed by atoms with E-state index in [1.165, 1.54) is 0 Å². The van der Waals surface area contributed by atoms with E-state index in [9.17, 15) is 5.11 Å². The van der Waals surface area contributed by atoms with E-state index in [-0.39, 0.29) is 12.2 Å². The van der Waals surface area contributed by atoms with E-state index in [4.69, 9.17) is 4.74 Å². The molecule has 2 rings (SSSR count). The van der Waals surface area contributed by atoms with Gasteiger partial charge in [-0.1, -0.05) is 18.2 Å². The number of ether oxygens (including phenoxy) is 1. The van der Waals surface area contributed by atoms with Gasteiger partial charge in [0.15, 0.2) is 0 Å². The maximum Gasteiger partial charge on any atom is 0.0916 e. The van der Waals surface area contributed by atoms with Crippen LogP contribution in [0.4, 0.5) is 5.69 Å². The van der Waals surface area contributed by atoms with E-state index in [2.05, 4.69) is 19.2 Å². The Hall–Kier alpha value is -1.06. The molecule has 0 aromatic heterocycles. The van der Waals surface area contributed by atoms with Crippen molar-refractivity contribution in [1.82, 2.24) is 0 Å². The van der Waals surface area contributed by atoms with Crippen molar-refractivity contribution in [3.05, 3.63) is 30.3 Å². The zero-order chi connectivity index (χ0) is 13.4. The summed E-state index contributed by atoms with van der Waals surface area (Å²) in [5.74, 6) is 0. The van der Waals surface area contributed by atoms with Crippen LogP contribution in [-0.4, -0.2) is 28.5 Å². The third-order valence-electron chi connectivity index (χ3n) is 3.84. The van der Waals surface area contributed by atoms with Gasteiger partial charge in [-0.05, 0) is 39.8 Å². The van der Waals surface area contributed by atoms with Crippen LogP contribution < -0.4 is 5.32 Å². The number of rotatable bonds is 3. The highest BCUT2D eigenvalue weighted by molar-refractivity contribution is 5.47. The molecule has 1 saturated heterocycles. The van der Waals surface area contributed by atoms with E-state index < -0.39 is 11.1 Å². The van der Waals surface area contributed by atoms with Gasteiger partial charge in [0, 0.05) is 12.1 Å². The molecule has 1 aliphatic rings. The second kappa shape index (κ2) is 4.25. The average molecular weight is 249 g/mol. The van der Waals surface area contributed by atoms with Gasteiger partial charge < -0.3 is 15.2 Å². The van der Waals surface area contributed by atoms with Crippen LogP contribution in [-0.2, 0) is 4.74 Å². The predicted octanol–water partition coefficient (Wildman–Crippen LogP) is 2.81. The molecule has 1 aliphatic heterocycles. The first kappa shape index (κ1) is 13.4. The van der Waals surface area contributed by atoms with Crippen molar-refractivity contribution in [3.63, 3.8) is 0 Å². The monoisotopic (exact) mass is 249 g/mol. The summed E-state index contributed by atoms with van der Waals surface area (Å²) < 4.78 is 6.09. The Balaban J connectivity index is 2.31. The maximum atomic E-state index is 9.90. The van der Waals surface area contributed by atoms with E-state index in [0.29, 0.717) is 0 Å². The van der Waals surface area contributed by atoms with Crippen LogP contribution in [0.5, 0.6) is 0 Å². The quantitative estimate of drug-likeness (QED) is 0.865. The summed E-state index contributed by atoms with van der Waals surface area (Å²) in [6.07, 6.45) is 0.776. The van der Waals surface area contributed by atoms with Gasteiger partial charge in [-0.15, -0.1) is 0 Å². The van der Waals surface area contributed by atoms with Crippen molar-refractivity contribution in [2.75, 3.05) is 11.9 Å². The Labute approximate surface area is 109 Å². The molecule has 3 nitrogen and oxygen atoms in total. The van der Waals surface area contributed by atoms with Crippen molar-refractivity contribution in [2.45, 2.75) is 50.9 Å². The van der Waals surface area contributed by atoms with Crippen LogP contribution in [0.3, 0.4) is 0 Å². The number of benzene rings is 1. The van der Waals surface area contributed by atoms with Crippen molar-refractivity contribution in [1.29, 1.82) is 0 Å². The minimum atomic E-state index is -0.447.